The molecule has 0 aromatic carbocycles. The predicted molar refractivity (Wildman–Crippen MR) is 61.6 cm³/mol. The molecule has 0 aromatic rings. The fraction of sp³-hybridized carbons (Fsp3) is 1.00. The van der Waals surface area contributed by atoms with Gasteiger partial charge in [-0.25, -0.2) is 0 Å². The van der Waals surface area contributed by atoms with Crippen LogP contribution in [0.1, 0.15) is 26.2 Å². The lowest BCUT2D eigenvalue weighted by atomic mass is 9.91. The number of hydrogen-bond donors (Lipinski definition) is 1. The summed E-state index contributed by atoms with van der Waals surface area (Å²) in [6.45, 7) is 7.26. The number of nitrogens with one attached hydrogen (secondary N) is 1. The standard InChI is InChI=1S/C12H23NO3/c1-2-13-5-8-15-11-3-6-16-12(9-11)4-7-14-10-12/h11,13H,2-10H2,1H3. The van der Waals surface area contributed by atoms with Gasteiger partial charge in [0.1, 0.15) is 0 Å². The zero-order valence-corrected chi connectivity index (χ0v) is 10.2. The molecule has 2 atom stereocenters. The highest BCUT2D eigenvalue weighted by atomic mass is 16.6. The van der Waals surface area contributed by atoms with Crippen LogP contribution < -0.4 is 5.32 Å². The van der Waals surface area contributed by atoms with E-state index >= 15 is 0 Å². The summed E-state index contributed by atoms with van der Waals surface area (Å²) in [6, 6.07) is 0. The van der Waals surface area contributed by atoms with Crippen LogP contribution in [0.3, 0.4) is 0 Å². The second-order valence-corrected chi connectivity index (χ2v) is 4.67. The highest BCUT2D eigenvalue weighted by Gasteiger charge is 2.41. The Bertz CT molecular complexity index is 204. The van der Waals surface area contributed by atoms with Gasteiger partial charge in [0.2, 0.25) is 0 Å². The zero-order valence-electron chi connectivity index (χ0n) is 10.2. The largest absolute Gasteiger partial charge is 0.378 e. The lowest BCUT2D eigenvalue weighted by Gasteiger charge is -2.36. The monoisotopic (exact) mass is 229 g/mol. The van der Waals surface area contributed by atoms with E-state index in [1.807, 2.05) is 0 Å². The van der Waals surface area contributed by atoms with Gasteiger partial charge in [-0.2, -0.15) is 0 Å². The molecule has 2 unspecified atom stereocenters. The summed E-state index contributed by atoms with van der Waals surface area (Å²) in [6.07, 6.45) is 3.40. The first-order valence-electron chi connectivity index (χ1n) is 6.39. The summed E-state index contributed by atoms with van der Waals surface area (Å²) in [5, 5.41) is 3.27. The SMILES string of the molecule is CCNCCOC1CCOC2(CCOC2)C1. The lowest BCUT2D eigenvalue weighted by molar-refractivity contribution is -0.132. The van der Waals surface area contributed by atoms with Crippen LogP contribution in [0.25, 0.3) is 0 Å². The van der Waals surface area contributed by atoms with Crippen LogP contribution in [-0.2, 0) is 14.2 Å². The first-order valence-corrected chi connectivity index (χ1v) is 6.39. The van der Waals surface area contributed by atoms with Crippen LogP contribution in [0.2, 0.25) is 0 Å². The minimum absolute atomic E-state index is 0.0267. The molecule has 94 valence electrons. The Balaban J connectivity index is 1.70. The average Bonchev–Trinajstić information content (AvgIpc) is 2.73. The molecule has 0 saturated carbocycles. The average molecular weight is 229 g/mol. The van der Waals surface area contributed by atoms with Crippen LogP contribution in [0.15, 0.2) is 0 Å². The Labute approximate surface area is 97.6 Å². The topological polar surface area (TPSA) is 39.7 Å². The first-order chi connectivity index (χ1) is 7.85. The van der Waals surface area contributed by atoms with Gasteiger partial charge in [0.25, 0.3) is 0 Å². The second kappa shape index (κ2) is 5.96. The summed E-state index contributed by atoms with van der Waals surface area (Å²) in [7, 11) is 0. The number of likely N-dealkylation sites (N-methyl/N-ethyl adjacent to an activating group) is 1. The number of ether oxygens (including phenoxy) is 3. The van der Waals surface area contributed by atoms with Gasteiger partial charge in [0, 0.05) is 32.6 Å². The van der Waals surface area contributed by atoms with Crippen molar-refractivity contribution in [2.75, 3.05) is 39.5 Å². The van der Waals surface area contributed by atoms with E-state index in [1.54, 1.807) is 0 Å². The maximum Gasteiger partial charge on any atom is 0.0961 e. The Morgan fingerprint density at radius 1 is 1.44 bits per heavy atom. The van der Waals surface area contributed by atoms with Crippen LogP contribution in [0.5, 0.6) is 0 Å². The molecule has 1 spiro atoms. The lowest BCUT2D eigenvalue weighted by Crippen LogP contribution is -2.43. The van der Waals surface area contributed by atoms with Crippen LogP contribution in [-0.4, -0.2) is 51.2 Å². The van der Waals surface area contributed by atoms with Gasteiger partial charge >= 0.3 is 0 Å². The third-order valence-electron chi connectivity index (χ3n) is 3.40. The summed E-state index contributed by atoms with van der Waals surface area (Å²) in [5.41, 5.74) is -0.0267. The first kappa shape index (κ1) is 12.3. The van der Waals surface area contributed by atoms with Crippen molar-refractivity contribution >= 4 is 0 Å². The van der Waals surface area contributed by atoms with E-state index in [0.717, 1.165) is 58.8 Å². The third kappa shape index (κ3) is 3.17. The molecule has 0 bridgehead atoms. The van der Waals surface area contributed by atoms with Crippen LogP contribution in [0.4, 0.5) is 0 Å². The molecule has 2 saturated heterocycles. The molecule has 4 heteroatoms. The highest BCUT2D eigenvalue weighted by Crippen LogP contribution is 2.33. The van der Waals surface area contributed by atoms with E-state index < -0.39 is 0 Å². The molecule has 1 N–H and O–H groups in total. The van der Waals surface area contributed by atoms with E-state index in [1.165, 1.54) is 0 Å². The van der Waals surface area contributed by atoms with E-state index in [-0.39, 0.29) is 5.60 Å². The van der Waals surface area contributed by atoms with Gasteiger partial charge in [0.15, 0.2) is 0 Å². The molecule has 2 rings (SSSR count). The normalized spacial score (nSPS) is 34.7. The summed E-state index contributed by atoms with van der Waals surface area (Å²) >= 11 is 0. The Morgan fingerprint density at radius 3 is 3.12 bits per heavy atom. The van der Waals surface area contributed by atoms with Crippen molar-refractivity contribution < 1.29 is 14.2 Å². The minimum atomic E-state index is -0.0267. The van der Waals surface area contributed by atoms with Crippen molar-refractivity contribution in [1.29, 1.82) is 0 Å². The van der Waals surface area contributed by atoms with Crippen LogP contribution in [0, 0.1) is 0 Å². The van der Waals surface area contributed by atoms with Gasteiger partial charge in [-0.05, 0) is 13.0 Å². The summed E-state index contributed by atoms with van der Waals surface area (Å²) < 4.78 is 17.2. The summed E-state index contributed by atoms with van der Waals surface area (Å²) in [5.74, 6) is 0. The third-order valence-corrected chi connectivity index (χ3v) is 3.40. The number of rotatable bonds is 5. The molecule has 2 aliphatic heterocycles. The molecule has 2 heterocycles. The molecule has 2 aliphatic rings. The van der Waals surface area contributed by atoms with Gasteiger partial charge in [-0.15, -0.1) is 0 Å². The van der Waals surface area contributed by atoms with Crippen molar-refractivity contribution in [3.8, 4) is 0 Å². The summed E-state index contributed by atoms with van der Waals surface area (Å²) in [4.78, 5) is 0. The molecule has 4 nitrogen and oxygen atoms in total. The molecule has 0 amide bonds. The molecule has 0 aromatic heterocycles. The smallest absolute Gasteiger partial charge is 0.0961 e. The van der Waals surface area contributed by atoms with Crippen molar-refractivity contribution in [2.45, 2.75) is 37.9 Å². The van der Waals surface area contributed by atoms with Crippen molar-refractivity contribution in [1.82, 2.24) is 5.32 Å². The van der Waals surface area contributed by atoms with Gasteiger partial charge in [-0.3, -0.25) is 0 Å². The molecular formula is C12H23NO3. The molecular weight excluding hydrogens is 206 g/mol. The maximum atomic E-state index is 5.87. The van der Waals surface area contributed by atoms with Gasteiger partial charge < -0.3 is 19.5 Å². The highest BCUT2D eigenvalue weighted by molar-refractivity contribution is 4.90. The van der Waals surface area contributed by atoms with Crippen molar-refractivity contribution in [3.63, 3.8) is 0 Å². The van der Waals surface area contributed by atoms with E-state index in [4.69, 9.17) is 14.2 Å². The molecule has 2 fully saturated rings. The molecule has 0 radical (unpaired) electrons. The fourth-order valence-electron chi connectivity index (χ4n) is 2.46. The van der Waals surface area contributed by atoms with Gasteiger partial charge in [-0.1, -0.05) is 6.92 Å². The maximum absolute atomic E-state index is 5.87. The fourth-order valence-corrected chi connectivity index (χ4v) is 2.46. The van der Waals surface area contributed by atoms with E-state index in [2.05, 4.69) is 12.2 Å². The Morgan fingerprint density at radius 2 is 2.38 bits per heavy atom. The predicted octanol–water partition coefficient (Wildman–Crippen LogP) is 0.951. The van der Waals surface area contributed by atoms with E-state index in [9.17, 15) is 0 Å². The number of hydrogen-bond acceptors (Lipinski definition) is 4. The van der Waals surface area contributed by atoms with Crippen molar-refractivity contribution in [2.24, 2.45) is 0 Å². The van der Waals surface area contributed by atoms with Crippen LogP contribution >= 0.6 is 0 Å². The zero-order chi connectivity index (χ0) is 11.3. The molecule has 0 aliphatic carbocycles. The minimum Gasteiger partial charge on any atom is -0.378 e. The second-order valence-electron chi connectivity index (χ2n) is 4.67. The Kier molecular flexibility index (Phi) is 4.58. The van der Waals surface area contributed by atoms with Crippen molar-refractivity contribution in [3.05, 3.63) is 0 Å². The van der Waals surface area contributed by atoms with E-state index in [0.29, 0.717) is 6.10 Å². The molecule has 16 heavy (non-hydrogen) atoms. The Hall–Kier alpha value is -0.160. The van der Waals surface area contributed by atoms with Gasteiger partial charge in [0.05, 0.1) is 24.9 Å². The quantitative estimate of drug-likeness (QED) is 0.713.